The second-order valence-corrected chi connectivity index (χ2v) is 5.77. The Morgan fingerprint density at radius 3 is 2.67 bits per heavy atom. The topological polar surface area (TPSA) is 59.0 Å². The zero-order chi connectivity index (χ0) is 16.4. The van der Waals surface area contributed by atoms with Crippen molar-refractivity contribution in [1.82, 2.24) is 20.4 Å². The molecule has 3 rings (SSSR count). The van der Waals surface area contributed by atoms with Crippen LogP contribution in [0, 0.1) is 0 Å². The number of carbonyl (C=O) groups is 1. The lowest BCUT2D eigenvalue weighted by molar-refractivity contribution is -0.124. The van der Waals surface area contributed by atoms with Gasteiger partial charge in [0, 0.05) is 18.8 Å². The summed E-state index contributed by atoms with van der Waals surface area (Å²) in [7, 11) is 0. The van der Waals surface area contributed by atoms with E-state index in [1.54, 1.807) is 10.9 Å². The number of hydrogen-bond acceptors (Lipinski definition) is 3. The van der Waals surface area contributed by atoms with Crippen molar-refractivity contribution in [2.24, 2.45) is 0 Å². The van der Waals surface area contributed by atoms with E-state index in [-0.39, 0.29) is 18.4 Å². The van der Waals surface area contributed by atoms with Crippen molar-refractivity contribution in [3.8, 4) is 5.69 Å². The largest absolute Gasteiger partial charge is 0.348 e. The van der Waals surface area contributed by atoms with Gasteiger partial charge in [0.15, 0.2) is 0 Å². The predicted molar refractivity (Wildman–Crippen MR) is 88.7 cm³/mol. The minimum Gasteiger partial charge on any atom is -0.348 e. The van der Waals surface area contributed by atoms with Gasteiger partial charge in [-0.3, -0.25) is 10.1 Å². The number of carbonyl (C=O) groups excluding carboxylic acids is 1. The second kappa shape index (κ2) is 7.27. The maximum atomic E-state index is 13.1. The Bertz CT molecular complexity index is 676. The minimum absolute atomic E-state index is 0. The van der Waals surface area contributed by atoms with Crippen molar-refractivity contribution in [3.63, 3.8) is 0 Å². The van der Waals surface area contributed by atoms with Crippen molar-refractivity contribution >= 4 is 18.3 Å². The van der Waals surface area contributed by atoms with Crippen LogP contribution in [0.1, 0.15) is 24.9 Å². The van der Waals surface area contributed by atoms with E-state index >= 15 is 0 Å². The zero-order valence-corrected chi connectivity index (χ0v) is 13.9. The van der Waals surface area contributed by atoms with Crippen LogP contribution in [-0.2, 0) is 4.79 Å². The Hall–Kier alpha value is -1.99. The maximum Gasteiger partial charge on any atom is 0.262 e. The summed E-state index contributed by atoms with van der Waals surface area (Å²) in [6.45, 7) is 1.38. The monoisotopic (exact) mass is 356 g/mol. The molecule has 1 aliphatic rings. The first-order valence-electron chi connectivity index (χ1n) is 7.46. The fraction of sp³-hybridized carbons (Fsp3) is 0.375. The summed E-state index contributed by atoms with van der Waals surface area (Å²) in [5, 5.41) is 9.47. The molecule has 1 saturated heterocycles. The molecule has 8 heteroatoms. The van der Waals surface area contributed by atoms with Crippen molar-refractivity contribution in [2.75, 3.05) is 6.54 Å². The molecule has 1 aromatic carbocycles. The van der Waals surface area contributed by atoms with Crippen molar-refractivity contribution < 1.29 is 13.6 Å². The highest BCUT2D eigenvalue weighted by Crippen LogP contribution is 2.25. The minimum atomic E-state index is -2.81. The van der Waals surface area contributed by atoms with Crippen LogP contribution < -0.4 is 10.6 Å². The zero-order valence-electron chi connectivity index (χ0n) is 13.1. The van der Waals surface area contributed by atoms with Crippen LogP contribution in [0.15, 0.2) is 42.7 Å². The number of nitrogens with one attached hydrogen (secondary N) is 2. The number of amides is 1. The summed E-state index contributed by atoms with van der Waals surface area (Å²) < 4.78 is 28.0. The number of hydrogen-bond donors (Lipinski definition) is 2. The molecule has 0 radical (unpaired) electrons. The molecule has 0 bridgehead atoms. The van der Waals surface area contributed by atoms with Gasteiger partial charge in [-0.2, -0.15) is 5.10 Å². The van der Waals surface area contributed by atoms with Crippen LogP contribution in [0.3, 0.4) is 0 Å². The third-order valence-electron chi connectivity index (χ3n) is 3.95. The average molecular weight is 357 g/mol. The molecule has 0 aliphatic carbocycles. The van der Waals surface area contributed by atoms with Crippen LogP contribution in [0.2, 0.25) is 0 Å². The standard InChI is InChI=1S/C16H18F2N4O.ClH/c1-11(21-15(23)14-9-16(17,18)10-19-14)12-3-5-13(6-4-12)22-8-2-7-20-22;/h2-8,11,14,19H,9-10H2,1H3,(H,21,23);1H. The number of nitrogens with zero attached hydrogens (tertiary/aromatic N) is 2. The van der Waals surface area contributed by atoms with Gasteiger partial charge in [-0.15, -0.1) is 12.4 Å². The number of benzene rings is 1. The Kier molecular flexibility index (Phi) is 5.56. The summed E-state index contributed by atoms with van der Waals surface area (Å²) in [5.74, 6) is -3.21. The number of alkyl halides is 2. The molecule has 24 heavy (non-hydrogen) atoms. The summed E-state index contributed by atoms with van der Waals surface area (Å²) in [4.78, 5) is 12.0. The molecule has 1 aromatic heterocycles. The molecular formula is C16H19ClF2N4O. The second-order valence-electron chi connectivity index (χ2n) is 5.77. The van der Waals surface area contributed by atoms with Gasteiger partial charge in [0.05, 0.1) is 24.3 Å². The van der Waals surface area contributed by atoms with E-state index in [1.807, 2.05) is 43.5 Å². The third kappa shape index (κ3) is 4.10. The highest BCUT2D eigenvalue weighted by atomic mass is 35.5. The van der Waals surface area contributed by atoms with E-state index in [2.05, 4.69) is 15.7 Å². The highest BCUT2D eigenvalue weighted by Gasteiger charge is 2.42. The number of rotatable bonds is 4. The Labute approximate surface area is 144 Å². The van der Waals surface area contributed by atoms with Gasteiger partial charge in [0.1, 0.15) is 0 Å². The SMILES string of the molecule is CC(NC(=O)C1CC(F)(F)CN1)c1ccc(-n2cccn2)cc1.Cl. The van der Waals surface area contributed by atoms with E-state index in [4.69, 9.17) is 0 Å². The molecular weight excluding hydrogens is 338 g/mol. The predicted octanol–water partition coefficient (Wildman–Crippen LogP) is 2.47. The third-order valence-corrected chi connectivity index (χ3v) is 3.95. The van der Waals surface area contributed by atoms with E-state index in [0.29, 0.717) is 0 Å². The quantitative estimate of drug-likeness (QED) is 0.884. The summed E-state index contributed by atoms with van der Waals surface area (Å²) in [6.07, 6.45) is 3.08. The van der Waals surface area contributed by atoms with Crippen LogP contribution in [0.4, 0.5) is 8.78 Å². The average Bonchev–Trinajstić information content (AvgIpc) is 3.16. The van der Waals surface area contributed by atoms with Crippen LogP contribution in [-0.4, -0.2) is 34.2 Å². The smallest absolute Gasteiger partial charge is 0.262 e. The van der Waals surface area contributed by atoms with Gasteiger partial charge in [0.2, 0.25) is 5.91 Å². The van der Waals surface area contributed by atoms with Gasteiger partial charge < -0.3 is 5.32 Å². The summed E-state index contributed by atoms with van der Waals surface area (Å²) in [6, 6.07) is 8.30. The first kappa shape index (κ1) is 18.4. The van der Waals surface area contributed by atoms with Crippen LogP contribution >= 0.6 is 12.4 Å². The first-order valence-corrected chi connectivity index (χ1v) is 7.46. The molecule has 130 valence electrons. The first-order chi connectivity index (χ1) is 10.9. The lowest BCUT2D eigenvalue weighted by Crippen LogP contribution is -2.41. The number of aromatic nitrogens is 2. The fourth-order valence-corrected chi connectivity index (χ4v) is 2.64. The van der Waals surface area contributed by atoms with Gasteiger partial charge in [-0.05, 0) is 30.7 Å². The molecule has 0 spiro atoms. The van der Waals surface area contributed by atoms with Crippen molar-refractivity contribution in [1.29, 1.82) is 0 Å². The molecule has 1 fully saturated rings. The lowest BCUT2D eigenvalue weighted by Gasteiger charge is -2.18. The van der Waals surface area contributed by atoms with Gasteiger partial charge in [-0.25, -0.2) is 13.5 Å². The Balaban J connectivity index is 0.00000208. The molecule has 1 amide bonds. The van der Waals surface area contributed by atoms with Gasteiger partial charge in [-0.1, -0.05) is 12.1 Å². The summed E-state index contributed by atoms with van der Waals surface area (Å²) in [5.41, 5.74) is 1.81. The molecule has 2 N–H and O–H groups in total. The van der Waals surface area contributed by atoms with E-state index < -0.39 is 30.8 Å². The highest BCUT2D eigenvalue weighted by molar-refractivity contribution is 5.85. The van der Waals surface area contributed by atoms with Gasteiger partial charge in [0.25, 0.3) is 5.92 Å². The van der Waals surface area contributed by atoms with Gasteiger partial charge >= 0.3 is 0 Å². The van der Waals surface area contributed by atoms with Crippen molar-refractivity contribution in [2.45, 2.75) is 31.4 Å². The maximum absolute atomic E-state index is 13.1. The fourth-order valence-electron chi connectivity index (χ4n) is 2.64. The van der Waals surface area contributed by atoms with Crippen LogP contribution in [0.5, 0.6) is 0 Å². The molecule has 2 heterocycles. The summed E-state index contributed by atoms with van der Waals surface area (Å²) >= 11 is 0. The number of halogens is 3. The van der Waals surface area contributed by atoms with Crippen molar-refractivity contribution in [3.05, 3.63) is 48.3 Å². The van der Waals surface area contributed by atoms with E-state index in [9.17, 15) is 13.6 Å². The van der Waals surface area contributed by atoms with Crippen LogP contribution in [0.25, 0.3) is 5.69 Å². The molecule has 0 saturated carbocycles. The van der Waals surface area contributed by atoms with E-state index in [1.165, 1.54) is 0 Å². The molecule has 1 aliphatic heterocycles. The van der Waals surface area contributed by atoms with E-state index in [0.717, 1.165) is 11.3 Å². The molecule has 2 aromatic rings. The molecule has 2 unspecified atom stereocenters. The Morgan fingerprint density at radius 2 is 2.12 bits per heavy atom. The molecule has 5 nitrogen and oxygen atoms in total. The normalized spacial score (nSPS) is 20.2. The lowest BCUT2D eigenvalue weighted by atomic mass is 10.1. The molecule has 2 atom stereocenters. The Morgan fingerprint density at radius 1 is 1.42 bits per heavy atom.